The van der Waals surface area contributed by atoms with Crippen molar-refractivity contribution in [3.05, 3.63) is 41.7 Å². The van der Waals surface area contributed by atoms with Crippen molar-refractivity contribution < 1.29 is 30.8 Å². The van der Waals surface area contributed by atoms with Crippen LogP contribution in [0.3, 0.4) is 0 Å². The number of aromatic nitrogens is 3. The van der Waals surface area contributed by atoms with Gasteiger partial charge >= 0.3 is 12.4 Å². The second-order valence-corrected chi connectivity index (χ2v) is 7.77. The van der Waals surface area contributed by atoms with Crippen molar-refractivity contribution in [3.63, 3.8) is 0 Å². The average Bonchev–Trinajstić information content (AvgIpc) is 3.21. The van der Waals surface area contributed by atoms with Crippen LogP contribution in [0.25, 0.3) is 33.6 Å². The Labute approximate surface area is 169 Å². The summed E-state index contributed by atoms with van der Waals surface area (Å²) in [4.78, 5) is 8.42. The van der Waals surface area contributed by atoms with Crippen molar-refractivity contribution in [2.45, 2.75) is 24.2 Å². The lowest BCUT2D eigenvalue weighted by Gasteiger charge is -2.07. The maximum Gasteiger partial charge on any atom is 0.449 e. The number of benzene rings is 2. The third kappa shape index (κ3) is 3.51. The van der Waals surface area contributed by atoms with Gasteiger partial charge in [-0.2, -0.15) is 26.3 Å². The van der Waals surface area contributed by atoms with Gasteiger partial charge in [-0.1, -0.05) is 6.92 Å². The molecule has 0 unspecified atom stereocenters. The normalized spacial score (nSPS) is 12.9. The zero-order chi connectivity index (χ0) is 21.8. The molecule has 0 aliphatic heterocycles. The number of oxazole rings is 1. The number of fused-ring (bicyclic) bond motifs is 2. The first-order valence-electron chi connectivity index (χ1n) is 8.67. The molecule has 4 rings (SSSR count). The number of rotatable bonds is 3. The first-order valence-corrected chi connectivity index (χ1v) is 9.66. The molecule has 2 aromatic heterocycles. The zero-order valence-corrected chi connectivity index (χ0v) is 16.3. The number of aryl methyl sites for hydroxylation is 1. The SMILES string of the molecule is CCSc1cc2c(cc1-c1nc3cc(C(F)(F)F)ccc3o1)nc(C(F)(F)F)n2C. The van der Waals surface area contributed by atoms with Crippen LogP contribution in [0.1, 0.15) is 18.3 Å². The number of alkyl halides is 6. The minimum atomic E-state index is -4.63. The number of thioether (sulfide) groups is 1. The van der Waals surface area contributed by atoms with Crippen molar-refractivity contribution in [2.24, 2.45) is 7.05 Å². The van der Waals surface area contributed by atoms with Gasteiger partial charge in [-0.15, -0.1) is 11.8 Å². The largest absolute Gasteiger partial charge is 0.449 e. The summed E-state index contributed by atoms with van der Waals surface area (Å²) in [6, 6.07) is 5.89. The molecule has 0 bridgehead atoms. The van der Waals surface area contributed by atoms with Crippen molar-refractivity contribution >= 4 is 33.9 Å². The molecule has 0 radical (unpaired) electrons. The molecule has 11 heteroatoms. The van der Waals surface area contributed by atoms with Gasteiger partial charge in [-0.3, -0.25) is 0 Å². The molecule has 0 aliphatic rings. The maximum absolute atomic E-state index is 13.2. The van der Waals surface area contributed by atoms with Gasteiger partial charge in [-0.25, -0.2) is 9.97 Å². The van der Waals surface area contributed by atoms with Crippen LogP contribution in [-0.2, 0) is 19.4 Å². The Bertz CT molecular complexity index is 1260. The van der Waals surface area contributed by atoms with Crippen LogP contribution >= 0.6 is 11.8 Å². The molecule has 4 nitrogen and oxygen atoms in total. The highest BCUT2D eigenvalue weighted by Crippen LogP contribution is 2.39. The first-order chi connectivity index (χ1) is 14.0. The maximum atomic E-state index is 13.2. The van der Waals surface area contributed by atoms with E-state index in [9.17, 15) is 26.3 Å². The molecule has 0 fully saturated rings. The molecule has 0 aliphatic carbocycles. The van der Waals surface area contributed by atoms with Gasteiger partial charge < -0.3 is 8.98 Å². The fourth-order valence-electron chi connectivity index (χ4n) is 3.13. The number of halogens is 6. The van der Waals surface area contributed by atoms with Crippen molar-refractivity contribution in [3.8, 4) is 11.5 Å². The predicted octanol–water partition coefficient (Wildman–Crippen LogP) is 6.53. The number of nitrogens with zero attached hydrogens (tertiary/aromatic N) is 3. The van der Waals surface area contributed by atoms with Gasteiger partial charge in [0.25, 0.3) is 0 Å². The molecule has 2 heterocycles. The molecule has 4 aromatic rings. The van der Waals surface area contributed by atoms with Gasteiger partial charge in [0.05, 0.1) is 22.2 Å². The van der Waals surface area contributed by atoms with Gasteiger partial charge in [0.1, 0.15) is 5.52 Å². The van der Waals surface area contributed by atoms with Crippen LogP contribution in [-0.4, -0.2) is 20.3 Å². The molecule has 0 saturated heterocycles. The van der Waals surface area contributed by atoms with Gasteiger partial charge in [0.15, 0.2) is 5.58 Å². The summed E-state index contributed by atoms with van der Waals surface area (Å²) in [6.07, 6.45) is -9.16. The van der Waals surface area contributed by atoms with E-state index in [2.05, 4.69) is 9.97 Å². The minimum Gasteiger partial charge on any atom is -0.436 e. The Morgan fingerprint density at radius 2 is 1.70 bits per heavy atom. The standard InChI is InChI=1S/C19H13F6N3OS/c1-3-30-15-8-13-11(27-17(28(13)2)19(23,24)25)7-10(15)16-26-12-6-9(18(20,21)22)4-5-14(12)29-16/h4-8H,3H2,1-2H3. The Morgan fingerprint density at radius 1 is 0.967 bits per heavy atom. The highest BCUT2D eigenvalue weighted by molar-refractivity contribution is 7.99. The van der Waals surface area contributed by atoms with Gasteiger partial charge in [0, 0.05) is 11.9 Å². The fraction of sp³-hybridized carbons (Fsp3) is 0.263. The molecule has 2 aromatic carbocycles. The molecule has 0 N–H and O–H groups in total. The third-order valence-corrected chi connectivity index (χ3v) is 5.42. The summed E-state index contributed by atoms with van der Waals surface area (Å²) >= 11 is 1.35. The summed E-state index contributed by atoms with van der Waals surface area (Å²) in [6.45, 7) is 1.87. The number of hydrogen-bond donors (Lipinski definition) is 0. The fourth-order valence-corrected chi connectivity index (χ4v) is 3.94. The van der Waals surface area contributed by atoms with Gasteiger partial charge in [-0.05, 0) is 36.1 Å². The van der Waals surface area contributed by atoms with E-state index >= 15 is 0 Å². The number of hydrogen-bond acceptors (Lipinski definition) is 4. The summed E-state index contributed by atoms with van der Waals surface area (Å²) in [5.41, 5.74) is 0.00173. The minimum absolute atomic E-state index is 0.00405. The molecular weight excluding hydrogens is 432 g/mol. The van der Waals surface area contributed by atoms with E-state index in [1.165, 1.54) is 30.9 Å². The third-order valence-electron chi connectivity index (χ3n) is 4.48. The summed E-state index contributed by atoms with van der Waals surface area (Å²) in [7, 11) is 1.27. The van der Waals surface area contributed by atoms with E-state index in [1.54, 1.807) is 6.07 Å². The predicted molar refractivity (Wildman–Crippen MR) is 100 cm³/mol. The second-order valence-electron chi connectivity index (χ2n) is 6.46. The Balaban J connectivity index is 1.91. The quantitative estimate of drug-likeness (QED) is 0.266. The lowest BCUT2D eigenvalue weighted by atomic mass is 10.2. The van der Waals surface area contributed by atoms with Crippen LogP contribution in [0, 0.1) is 0 Å². The van der Waals surface area contributed by atoms with Crippen molar-refractivity contribution in [2.75, 3.05) is 5.75 Å². The number of imidazole rings is 1. The highest BCUT2D eigenvalue weighted by atomic mass is 32.2. The molecule has 0 saturated carbocycles. The topological polar surface area (TPSA) is 43.9 Å². The van der Waals surface area contributed by atoms with E-state index in [-0.39, 0.29) is 28.0 Å². The van der Waals surface area contributed by atoms with E-state index in [0.717, 1.165) is 16.7 Å². The average molecular weight is 445 g/mol. The monoisotopic (exact) mass is 445 g/mol. The second kappa shape index (κ2) is 6.93. The Kier molecular flexibility index (Phi) is 4.75. The van der Waals surface area contributed by atoms with Crippen molar-refractivity contribution in [1.29, 1.82) is 0 Å². The van der Waals surface area contributed by atoms with Crippen LogP contribution in [0.4, 0.5) is 26.3 Å². The van der Waals surface area contributed by atoms with Crippen molar-refractivity contribution in [1.82, 2.24) is 14.5 Å². The van der Waals surface area contributed by atoms with E-state index in [1.807, 2.05) is 6.92 Å². The summed E-state index contributed by atoms with van der Waals surface area (Å²) in [5, 5.41) is 0. The lowest BCUT2D eigenvalue weighted by Crippen LogP contribution is -2.12. The molecular formula is C19H13F6N3OS. The Hall–Kier alpha value is -2.69. The molecule has 30 heavy (non-hydrogen) atoms. The molecule has 0 spiro atoms. The lowest BCUT2D eigenvalue weighted by molar-refractivity contribution is -0.146. The Morgan fingerprint density at radius 3 is 2.33 bits per heavy atom. The summed E-state index contributed by atoms with van der Waals surface area (Å²) < 4.78 is 85.1. The van der Waals surface area contributed by atoms with Crippen LogP contribution in [0.2, 0.25) is 0 Å². The van der Waals surface area contributed by atoms with Crippen LogP contribution < -0.4 is 0 Å². The van der Waals surface area contributed by atoms with Crippen LogP contribution in [0.5, 0.6) is 0 Å². The van der Waals surface area contributed by atoms with Crippen LogP contribution in [0.15, 0.2) is 39.6 Å². The zero-order valence-electron chi connectivity index (χ0n) is 15.5. The summed E-state index contributed by atoms with van der Waals surface area (Å²) in [5.74, 6) is -0.420. The van der Waals surface area contributed by atoms with E-state index < -0.39 is 23.7 Å². The van der Waals surface area contributed by atoms with E-state index in [0.29, 0.717) is 16.2 Å². The smallest absolute Gasteiger partial charge is 0.436 e. The van der Waals surface area contributed by atoms with E-state index in [4.69, 9.17) is 4.42 Å². The molecule has 0 atom stereocenters. The van der Waals surface area contributed by atoms with Gasteiger partial charge in [0.2, 0.25) is 11.7 Å². The first kappa shape index (κ1) is 20.6. The molecule has 0 amide bonds. The molecule has 158 valence electrons. The highest BCUT2D eigenvalue weighted by Gasteiger charge is 2.37.